The summed E-state index contributed by atoms with van der Waals surface area (Å²) in [5.41, 5.74) is 1.16. The van der Waals surface area contributed by atoms with Crippen LogP contribution in [0.2, 0.25) is 0 Å². The standard InChI is InChI=1S/C14H17BrN2O2/c1-9(2)6-10(14(18)19)8-17-13-5-3-4-12(15)11(13)7-16/h3-5,9-10,17H,6,8H2,1-2H3,(H,18,19). The van der Waals surface area contributed by atoms with Gasteiger partial charge in [-0.25, -0.2) is 0 Å². The highest BCUT2D eigenvalue weighted by Crippen LogP contribution is 2.24. The number of carbonyl (C=O) groups is 1. The van der Waals surface area contributed by atoms with Crippen LogP contribution in [0.4, 0.5) is 5.69 Å². The van der Waals surface area contributed by atoms with Gasteiger partial charge in [0.05, 0.1) is 17.2 Å². The summed E-state index contributed by atoms with van der Waals surface area (Å²) >= 11 is 3.30. The van der Waals surface area contributed by atoms with Crippen molar-refractivity contribution in [1.29, 1.82) is 5.26 Å². The van der Waals surface area contributed by atoms with Gasteiger partial charge in [0.2, 0.25) is 0 Å². The van der Waals surface area contributed by atoms with E-state index in [1.54, 1.807) is 12.1 Å². The van der Waals surface area contributed by atoms with Crippen LogP contribution in [0.25, 0.3) is 0 Å². The largest absolute Gasteiger partial charge is 0.481 e. The number of hydrogen-bond donors (Lipinski definition) is 2. The van der Waals surface area contributed by atoms with Crippen LogP contribution < -0.4 is 5.32 Å². The summed E-state index contributed by atoms with van der Waals surface area (Å²) in [6.07, 6.45) is 0.609. The Morgan fingerprint density at radius 3 is 2.74 bits per heavy atom. The van der Waals surface area contributed by atoms with Crippen LogP contribution >= 0.6 is 15.9 Å². The Hall–Kier alpha value is -1.54. The van der Waals surface area contributed by atoms with Gasteiger partial charge in [0, 0.05) is 11.0 Å². The van der Waals surface area contributed by atoms with E-state index in [1.165, 1.54) is 0 Å². The van der Waals surface area contributed by atoms with Gasteiger partial charge in [-0.2, -0.15) is 5.26 Å². The van der Waals surface area contributed by atoms with Gasteiger partial charge in [-0.15, -0.1) is 0 Å². The van der Waals surface area contributed by atoms with Gasteiger partial charge in [-0.1, -0.05) is 19.9 Å². The van der Waals surface area contributed by atoms with E-state index >= 15 is 0 Å². The average molecular weight is 325 g/mol. The SMILES string of the molecule is CC(C)CC(CNc1cccc(Br)c1C#N)C(=O)O. The molecule has 0 spiro atoms. The van der Waals surface area contributed by atoms with Gasteiger partial charge in [0.15, 0.2) is 0 Å². The van der Waals surface area contributed by atoms with Gasteiger partial charge < -0.3 is 10.4 Å². The van der Waals surface area contributed by atoms with Gasteiger partial charge >= 0.3 is 5.97 Å². The Balaban J connectivity index is 2.78. The zero-order chi connectivity index (χ0) is 14.4. The Labute approximate surface area is 121 Å². The van der Waals surface area contributed by atoms with Crippen molar-refractivity contribution in [2.75, 3.05) is 11.9 Å². The second-order valence-corrected chi connectivity index (χ2v) is 5.67. The fourth-order valence-corrected chi connectivity index (χ4v) is 2.31. The van der Waals surface area contributed by atoms with E-state index in [-0.39, 0.29) is 0 Å². The third-order valence-electron chi connectivity index (χ3n) is 2.77. The van der Waals surface area contributed by atoms with E-state index in [2.05, 4.69) is 27.3 Å². The van der Waals surface area contributed by atoms with E-state index in [1.807, 2.05) is 19.9 Å². The van der Waals surface area contributed by atoms with Crippen LogP contribution in [0.1, 0.15) is 25.8 Å². The average Bonchev–Trinajstić information content (AvgIpc) is 2.33. The molecule has 0 aromatic heterocycles. The summed E-state index contributed by atoms with van der Waals surface area (Å²) in [5, 5.41) is 21.3. The predicted molar refractivity (Wildman–Crippen MR) is 77.9 cm³/mol. The van der Waals surface area contributed by atoms with Crippen molar-refractivity contribution in [2.24, 2.45) is 11.8 Å². The molecule has 0 bridgehead atoms. The molecule has 0 saturated heterocycles. The minimum absolute atomic E-state index is 0.318. The molecule has 0 aliphatic heterocycles. The maximum absolute atomic E-state index is 11.2. The molecule has 0 heterocycles. The number of rotatable bonds is 6. The van der Waals surface area contributed by atoms with Gasteiger partial charge in [-0.3, -0.25) is 4.79 Å². The fraction of sp³-hybridized carbons (Fsp3) is 0.429. The molecule has 1 aromatic carbocycles. The topological polar surface area (TPSA) is 73.1 Å². The second-order valence-electron chi connectivity index (χ2n) is 4.82. The van der Waals surface area contributed by atoms with Crippen LogP contribution in [-0.2, 0) is 4.79 Å². The number of nitrogens with one attached hydrogen (secondary N) is 1. The van der Waals surface area contributed by atoms with Crippen LogP contribution in [0.5, 0.6) is 0 Å². The molecular formula is C14H17BrN2O2. The van der Waals surface area contributed by atoms with Gasteiger partial charge in [0.25, 0.3) is 0 Å². The van der Waals surface area contributed by atoms with Crippen LogP contribution in [0.15, 0.2) is 22.7 Å². The minimum atomic E-state index is -0.810. The van der Waals surface area contributed by atoms with Gasteiger partial charge in [-0.05, 0) is 40.4 Å². The first-order valence-corrected chi connectivity index (χ1v) is 6.90. The van der Waals surface area contributed by atoms with Crippen molar-refractivity contribution in [2.45, 2.75) is 20.3 Å². The Morgan fingerprint density at radius 2 is 2.21 bits per heavy atom. The molecule has 1 atom stereocenters. The number of halogens is 1. The molecular weight excluding hydrogens is 308 g/mol. The number of carboxylic acid groups (broad SMARTS) is 1. The molecule has 2 N–H and O–H groups in total. The maximum Gasteiger partial charge on any atom is 0.308 e. The van der Waals surface area contributed by atoms with Crippen molar-refractivity contribution in [3.8, 4) is 6.07 Å². The second kappa shape index (κ2) is 7.15. The third kappa shape index (κ3) is 4.56. The fourth-order valence-electron chi connectivity index (χ4n) is 1.86. The minimum Gasteiger partial charge on any atom is -0.481 e. The third-order valence-corrected chi connectivity index (χ3v) is 3.43. The van der Waals surface area contributed by atoms with Crippen LogP contribution in [0, 0.1) is 23.2 Å². The molecule has 0 radical (unpaired) electrons. The Bertz CT molecular complexity index is 495. The highest BCUT2D eigenvalue weighted by atomic mass is 79.9. The van der Waals surface area contributed by atoms with E-state index < -0.39 is 11.9 Å². The highest BCUT2D eigenvalue weighted by Gasteiger charge is 2.19. The zero-order valence-electron chi connectivity index (χ0n) is 11.0. The normalized spacial score (nSPS) is 11.9. The van der Waals surface area contributed by atoms with Crippen LogP contribution in [-0.4, -0.2) is 17.6 Å². The molecule has 0 aliphatic rings. The summed E-state index contributed by atoms with van der Waals surface area (Å²) < 4.78 is 0.704. The lowest BCUT2D eigenvalue weighted by molar-refractivity contribution is -0.141. The summed E-state index contributed by atoms with van der Waals surface area (Å²) in [6, 6.07) is 7.47. The summed E-state index contributed by atoms with van der Waals surface area (Å²) in [4.78, 5) is 11.2. The van der Waals surface area contributed by atoms with Crippen LogP contribution in [0.3, 0.4) is 0 Å². The Morgan fingerprint density at radius 1 is 1.53 bits per heavy atom. The molecule has 4 nitrogen and oxygen atoms in total. The van der Waals surface area contributed by atoms with E-state index in [0.29, 0.717) is 34.6 Å². The first-order valence-electron chi connectivity index (χ1n) is 6.11. The van der Waals surface area contributed by atoms with E-state index in [4.69, 9.17) is 10.4 Å². The highest BCUT2D eigenvalue weighted by molar-refractivity contribution is 9.10. The molecule has 1 aromatic rings. The van der Waals surface area contributed by atoms with Crippen molar-refractivity contribution in [3.63, 3.8) is 0 Å². The molecule has 102 valence electrons. The smallest absolute Gasteiger partial charge is 0.308 e. The lowest BCUT2D eigenvalue weighted by atomic mass is 9.97. The number of carboxylic acids is 1. The van der Waals surface area contributed by atoms with Crippen molar-refractivity contribution in [1.82, 2.24) is 0 Å². The Kier molecular flexibility index (Phi) is 5.84. The number of nitrogens with zero attached hydrogens (tertiary/aromatic N) is 1. The first kappa shape index (κ1) is 15.5. The predicted octanol–water partition coefficient (Wildman–Crippen LogP) is 3.48. The monoisotopic (exact) mass is 324 g/mol. The molecule has 0 aliphatic carbocycles. The van der Waals surface area contributed by atoms with Crippen molar-refractivity contribution in [3.05, 3.63) is 28.2 Å². The molecule has 0 amide bonds. The van der Waals surface area contributed by atoms with E-state index in [9.17, 15) is 4.79 Å². The van der Waals surface area contributed by atoms with Crippen molar-refractivity contribution >= 4 is 27.6 Å². The first-order chi connectivity index (χ1) is 8.95. The zero-order valence-corrected chi connectivity index (χ0v) is 12.6. The molecule has 1 unspecified atom stereocenters. The molecule has 5 heteroatoms. The molecule has 19 heavy (non-hydrogen) atoms. The lowest BCUT2D eigenvalue weighted by Crippen LogP contribution is -2.24. The summed E-state index contributed by atoms with van der Waals surface area (Å²) in [5.74, 6) is -0.943. The molecule has 0 fully saturated rings. The molecule has 1 rings (SSSR count). The maximum atomic E-state index is 11.2. The summed E-state index contributed by atoms with van der Waals surface area (Å²) in [6.45, 7) is 4.31. The number of hydrogen-bond acceptors (Lipinski definition) is 3. The number of aliphatic carboxylic acids is 1. The summed E-state index contributed by atoms with van der Waals surface area (Å²) in [7, 11) is 0. The number of anilines is 1. The van der Waals surface area contributed by atoms with Crippen molar-refractivity contribution < 1.29 is 9.90 Å². The number of nitriles is 1. The number of benzene rings is 1. The lowest BCUT2D eigenvalue weighted by Gasteiger charge is -2.17. The quantitative estimate of drug-likeness (QED) is 0.840. The van der Waals surface area contributed by atoms with E-state index in [0.717, 1.165) is 0 Å². The van der Waals surface area contributed by atoms with Gasteiger partial charge in [0.1, 0.15) is 6.07 Å². The molecule has 0 saturated carbocycles.